The van der Waals surface area contributed by atoms with Crippen molar-refractivity contribution in [1.29, 1.82) is 0 Å². The molecule has 1 saturated heterocycles. The van der Waals surface area contributed by atoms with Crippen LogP contribution in [0.3, 0.4) is 0 Å². The van der Waals surface area contributed by atoms with Crippen LogP contribution in [0.4, 0.5) is 0 Å². The van der Waals surface area contributed by atoms with Gasteiger partial charge < -0.3 is 15.1 Å². The summed E-state index contributed by atoms with van der Waals surface area (Å²) < 4.78 is 0.847. The number of hydrogen-bond donors (Lipinski definition) is 2. The standard InChI is InChI=1S/C22H20BrNO4/c23-15-10-8-13(9-11-15)20(26)18-19(14-4-3-7-17(25)12-14)24(22(28)21(18)27)16-5-1-2-6-16/h3-4,7-12,16,19,25-26H,1-2,5-6H2/b20-18-. The molecule has 0 bridgehead atoms. The summed E-state index contributed by atoms with van der Waals surface area (Å²) in [6.45, 7) is 0. The summed E-state index contributed by atoms with van der Waals surface area (Å²) in [5.41, 5.74) is 1.16. The van der Waals surface area contributed by atoms with Crippen LogP contribution in [0, 0.1) is 0 Å². The van der Waals surface area contributed by atoms with Crippen molar-refractivity contribution in [2.24, 2.45) is 0 Å². The zero-order valence-corrected chi connectivity index (χ0v) is 16.7. The smallest absolute Gasteiger partial charge is 0.295 e. The number of aliphatic hydroxyl groups excluding tert-OH is 1. The van der Waals surface area contributed by atoms with E-state index in [1.807, 2.05) is 0 Å². The van der Waals surface area contributed by atoms with E-state index in [9.17, 15) is 19.8 Å². The quantitative estimate of drug-likeness (QED) is 0.416. The van der Waals surface area contributed by atoms with Crippen LogP contribution in [0.5, 0.6) is 5.75 Å². The molecule has 0 spiro atoms. The molecule has 1 aliphatic carbocycles. The number of Topliss-reactive ketones (excluding diaryl/α,β-unsaturated/α-hetero) is 1. The molecule has 1 amide bonds. The van der Waals surface area contributed by atoms with Crippen LogP contribution >= 0.6 is 15.9 Å². The summed E-state index contributed by atoms with van der Waals surface area (Å²) in [5.74, 6) is -1.41. The molecule has 4 rings (SSSR count). The lowest BCUT2D eigenvalue weighted by atomic mass is 9.94. The maximum Gasteiger partial charge on any atom is 0.295 e. The van der Waals surface area contributed by atoms with Crippen molar-refractivity contribution in [3.8, 4) is 5.75 Å². The number of amides is 1. The molecule has 2 aliphatic rings. The summed E-state index contributed by atoms with van der Waals surface area (Å²) in [6.07, 6.45) is 3.68. The number of carbonyl (C=O) groups is 2. The van der Waals surface area contributed by atoms with Gasteiger partial charge in [0.15, 0.2) is 0 Å². The number of carbonyl (C=O) groups excluding carboxylic acids is 2. The second kappa shape index (κ2) is 7.43. The Labute approximate surface area is 171 Å². The second-order valence-electron chi connectivity index (χ2n) is 7.25. The van der Waals surface area contributed by atoms with Gasteiger partial charge in [0, 0.05) is 16.1 Å². The summed E-state index contributed by atoms with van der Waals surface area (Å²) in [5, 5.41) is 20.9. The van der Waals surface area contributed by atoms with E-state index in [1.165, 1.54) is 0 Å². The Hall–Kier alpha value is -2.60. The molecule has 1 unspecified atom stereocenters. The molecule has 2 N–H and O–H groups in total. The topological polar surface area (TPSA) is 77.8 Å². The first-order valence-electron chi connectivity index (χ1n) is 9.32. The number of phenolic OH excluding ortho intramolecular Hbond substituents is 1. The van der Waals surface area contributed by atoms with Gasteiger partial charge in [-0.2, -0.15) is 0 Å². The van der Waals surface area contributed by atoms with E-state index in [-0.39, 0.29) is 23.1 Å². The van der Waals surface area contributed by atoms with Crippen molar-refractivity contribution >= 4 is 33.4 Å². The first kappa shape index (κ1) is 18.7. The summed E-state index contributed by atoms with van der Waals surface area (Å²) >= 11 is 3.36. The van der Waals surface area contributed by atoms with E-state index in [0.717, 1.165) is 30.2 Å². The lowest BCUT2D eigenvalue weighted by molar-refractivity contribution is -0.141. The predicted molar refractivity (Wildman–Crippen MR) is 109 cm³/mol. The zero-order chi connectivity index (χ0) is 19.8. The fourth-order valence-electron chi connectivity index (χ4n) is 4.19. The van der Waals surface area contributed by atoms with Gasteiger partial charge in [0.1, 0.15) is 11.5 Å². The van der Waals surface area contributed by atoms with Crippen molar-refractivity contribution in [3.63, 3.8) is 0 Å². The molecule has 1 aliphatic heterocycles. The van der Waals surface area contributed by atoms with E-state index in [0.29, 0.717) is 11.1 Å². The van der Waals surface area contributed by atoms with Gasteiger partial charge in [-0.1, -0.05) is 53.0 Å². The first-order valence-corrected chi connectivity index (χ1v) is 10.1. The van der Waals surface area contributed by atoms with E-state index < -0.39 is 17.7 Å². The summed E-state index contributed by atoms with van der Waals surface area (Å²) in [4.78, 5) is 27.5. The Balaban J connectivity index is 1.89. The second-order valence-corrected chi connectivity index (χ2v) is 8.16. The highest BCUT2D eigenvalue weighted by atomic mass is 79.9. The molecule has 5 nitrogen and oxygen atoms in total. The van der Waals surface area contributed by atoms with Crippen molar-refractivity contribution in [1.82, 2.24) is 4.90 Å². The number of phenols is 1. The van der Waals surface area contributed by atoms with Crippen LogP contribution in [-0.2, 0) is 9.59 Å². The van der Waals surface area contributed by atoms with Gasteiger partial charge in [-0.15, -0.1) is 0 Å². The first-order chi connectivity index (χ1) is 13.5. The van der Waals surface area contributed by atoms with E-state index >= 15 is 0 Å². The van der Waals surface area contributed by atoms with Crippen molar-refractivity contribution < 1.29 is 19.8 Å². The Kier molecular flexibility index (Phi) is 4.98. The fraction of sp³-hybridized carbons (Fsp3) is 0.273. The van der Waals surface area contributed by atoms with E-state index in [2.05, 4.69) is 15.9 Å². The average molecular weight is 442 g/mol. The van der Waals surface area contributed by atoms with Gasteiger partial charge in [0.25, 0.3) is 11.7 Å². The Morgan fingerprint density at radius 2 is 1.71 bits per heavy atom. The third-order valence-corrected chi connectivity index (χ3v) is 6.03. The van der Waals surface area contributed by atoms with Crippen molar-refractivity contribution in [3.05, 3.63) is 69.7 Å². The zero-order valence-electron chi connectivity index (χ0n) is 15.1. The normalized spacial score (nSPS) is 22.2. The maximum atomic E-state index is 12.9. The van der Waals surface area contributed by atoms with Crippen LogP contribution in [-0.4, -0.2) is 32.8 Å². The number of halogens is 1. The van der Waals surface area contributed by atoms with Gasteiger partial charge in [0.05, 0.1) is 11.6 Å². The molecule has 6 heteroatoms. The number of rotatable bonds is 3. The lowest BCUT2D eigenvalue weighted by Crippen LogP contribution is -2.37. The van der Waals surface area contributed by atoms with Gasteiger partial charge >= 0.3 is 0 Å². The lowest BCUT2D eigenvalue weighted by Gasteiger charge is -2.30. The molecule has 0 radical (unpaired) electrons. The largest absolute Gasteiger partial charge is 0.508 e. The number of aliphatic hydroxyl groups is 1. The third kappa shape index (κ3) is 3.22. The van der Waals surface area contributed by atoms with Gasteiger partial charge in [-0.25, -0.2) is 0 Å². The minimum Gasteiger partial charge on any atom is -0.508 e. The van der Waals surface area contributed by atoms with Gasteiger partial charge in [-0.3, -0.25) is 9.59 Å². The highest BCUT2D eigenvalue weighted by Gasteiger charge is 2.49. The van der Waals surface area contributed by atoms with E-state index in [1.54, 1.807) is 53.4 Å². The SMILES string of the molecule is O=C1C(=O)N(C2CCCC2)C(c2cccc(O)c2)/C1=C(/O)c1ccc(Br)cc1. The van der Waals surface area contributed by atoms with Crippen LogP contribution in [0.25, 0.3) is 5.76 Å². The fourth-order valence-corrected chi connectivity index (χ4v) is 4.46. The Bertz CT molecular complexity index is 961. The number of likely N-dealkylation sites (tertiary alicyclic amines) is 1. The third-order valence-electron chi connectivity index (χ3n) is 5.50. The predicted octanol–water partition coefficient (Wildman–Crippen LogP) is 4.52. The van der Waals surface area contributed by atoms with Crippen LogP contribution < -0.4 is 0 Å². The Morgan fingerprint density at radius 3 is 2.36 bits per heavy atom. The highest BCUT2D eigenvalue weighted by Crippen LogP contribution is 2.43. The van der Waals surface area contributed by atoms with Crippen molar-refractivity contribution in [2.75, 3.05) is 0 Å². The molecule has 0 aromatic heterocycles. The van der Waals surface area contributed by atoms with E-state index in [4.69, 9.17) is 0 Å². The number of benzene rings is 2. The molecular weight excluding hydrogens is 422 g/mol. The molecule has 1 heterocycles. The summed E-state index contributed by atoms with van der Waals surface area (Å²) in [6, 6.07) is 12.7. The average Bonchev–Trinajstić information content (AvgIpc) is 3.29. The van der Waals surface area contributed by atoms with Crippen LogP contribution in [0.1, 0.15) is 42.9 Å². The maximum absolute atomic E-state index is 12.9. The van der Waals surface area contributed by atoms with Crippen LogP contribution in [0.15, 0.2) is 58.6 Å². The number of aromatic hydroxyl groups is 1. The highest BCUT2D eigenvalue weighted by molar-refractivity contribution is 9.10. The molecule has 2 fully saturated rings. The van der Waals surface area contributed by atoms with Gasteiger partial charge in [0.2, 0.25) is 0 Å². The molecule has 28 heavy (non-hydrogen) atoms. The molecule has 2 aromatic rings. The Morgan fingerprint density at radius 1 is 1.04 bits per heavy atom. The van der Waals surface area contributed by atoms with Crippen LogP contribution in [0.2, 0.25) is 0 Å². The molecule has 1 atom stereocenters. The number of nitrogens with zero attached hydrogens (tertiary/aromatic N) is 1. The molecule has 2 aromatic carbocycles. The monoisotopic (exact) mass is 441 g/mol. The molecule has 144 valence electrons. The molecule has 1 saturated carbocycles. The summed E-state index contributed by atoms with van der Waals surface area (Å²) in [7, 11) is 0. The van der Waals surface area contributed by atoms with Crippen molar-refractivity contribution in [2.45, 2.75) is 37.8 Å². The minimum atomic E-state index is -0.709. The number of ketones is 1. The molecular formula is C22H20BrNO4. The van der Waals surface area contributed by atoms with Gasteiger partial charge in [-0.05, 0) is 42.7 Å². The minimum absolute atomic E-state index is 0.0426. The number of hydrogen-bond acceptors (Lipinski definition) is 4.